The summed E-state index contributed by atoms with van der Waals surface area (Å²) in [7, 11) is 0. The zero-order valence-electron chi connectivity index (χ0n) is 10.3. The highest BCUT2D eigenvalue weighted by molar-refractivity contribution is 6.36. The number of hydrogen-bond acceptors (Lipinski definition) is 1. The van der Waals surface area contributed by atoms with E-state index in [1.807, 2.05) is 12.1 Å². The van der Waals surface area contributed by atoms with Gasteiger partial charge in [0.05, 0.1) is 10.7 Å². The number of nitrogens with one attached hydrogen (secondary N) is 1. The van der Waals surface area contributed by atoms with Crippen LogP contribution in [0.5, 0.6) is 0 Å². The molecule has 17 heavy (non-hydrogen) atoms. The SMILES string of the molecule is CC1CCCC(C)C1Nc1ccc(Cl)cc1Cl. The van der Waals surface area contributed by atoms with E-state index in [-0.39, 0.29) is 0 Å². The van der Waals surface area contributed by atoms with Gasteiger partial charge in [-0.2, -0.15) is 0 Å². The van der Waals surface area contributed by atoms with Gasteiger partial charge >= 0.3 is 0 Å². The highest BCUT2D eigenvalue weighted by Gasteiger charge is 2.27. The first-order chi connectivity index (χ1) is 8.08. The molecule has 3 heteroatoms. The summed E-state index contributed by atoms with van der Waals surface area (Å²) in [5, 5.41) is 4.98. The van der Waals surface area contributed by atoms with E-state index in [1.165, 1.54) is 19.3 Å². The van der Waals surface area contributed by atoms with E-state index in [4.69, 9.17) is 23.2 Å². The normalized spacial score (nSPS) is 29.1. The Balaban J connectivity index is 2.13. The van der Waals surface area contributed by atoms with Gasteiger partial charge in [-0.3, -0.25) is 0 Å². The molecule has 0 aromatic heterocycles. The third-order valence-electron chi connectivity index (χ3n) is 3.80. The number of benzene rings is 1. The Hall–Kier alpha value is -0.400. The Morgan fingerprint density at radius 3 is 2.35 bits per heavy atom. The van der Waals surface area contributed by atoms with Crippen LogP contribution >= 0.6 is 23.2 Å². The van der Waals surface area contributed by atoms with Crippen LogP contribution in [0.2, 0.25) is 10.0 Å². The van der Waals surface area contributed by atoms with Crippen LogP contribution in [-0.2, 0) is 0 Å². The predicted molar refractivity (Wildman–Crippen MR) is 76.1 cm³/mol. The maximum atomic E-state index is 6.20. The maximum Gasteiger partial charge on any atom is 0.0652 e. The van der Waals surface area contributed by atoms with Crippen LogP contribution in [0.1, 0.15) is 33.1 Å². The molecular weight excluding hydrogens is 253 g/mol. The Bertz CT molecular complexity index is 382. The number of anilines is 1. The summed E-state index contributed by atoms with van der Waals surface area (Å²) in [6, 6.07) is 6.17. The molecule has 94 valence electrons. The highest BCUT2D eigenvalue weighted by atomic mass is 35.5. The highest BCUT2D eigenvalue weighted by Crippen LogP contribution is 2.33. The zero-order valence-corrected chi connectivity index (χ0v) is 11.9. The van der Waals surface area contributed by atoms with Crippen molar-refractivity contribution in [3.8, 4) is 0 Å². The number of hydrogen-bond donors (Lipinski definition) is 1. The summed E-state index contributed by atoms with van der Waals surface area (Å²) in [5.41, 5.74) is 1.00. The molecule has 1 aliphatic carbocycles. The first-order valence-corrected chi connectivity index (χ1v) is 7.05. The molecule has 0 saturated heterocycles. The van der Waals surface area contributed by atoms with Gasteiger partial charge in [-0.05, 0) is 42.9 Å². The zero-order chi connectivity index (χ0) is 12.4. The molecule has 0 spiro atoms. The van der Waals surface area contributed by atoms with Gasteiger partial charge < -0.3 is 5.32 Å². The fraction of sp³-hybridized carbons (Fsp3) is 0.571. The minimum atomic E-state index is 0.516. The fourth-order valence-corrected chi connectivity index (χ4v) is 3.22. The van der Waals surface area contributed by atoms with Gasteiger partial charge in [0.1, 0.15) is 0 Å². The quantitative estimate of drug-likeness (QED) is 0.777. The van der Waals surface area contributed by atoms with E-state index in [0.29, 0.717) is 27.9 Å². The lowest BCUT2D eigenvalue weighted by Crippen LogP contribution is -2.37. The van der Waals surface area contributed by atoms with E-state index in [2.05, 4.69) is 19.2 Å². The molecule has 1 saturated carbocycles. The molecular formula is C14H19Cl2N. The second-order valence-corrected chi connectivity index (χ2v) is 6.02. The smallest absolute Gasteiger partial charge is 0.0652 e. The van der Waals surface area contributed by atoms with Crippen molar-refractivity contribution in [3.05, 3.63) is 28.2 Å². The van der Waals surface area contributed by atoms with Gasteiger partial charge in [-0.25, -0.2) is 0 Å². The monoisotopic (exact) mass is 271 g/mol. The van der Waals surface area contributed by atoms with Crippen molar-refractivity contribution < 1.29 is 0 Å². The summed E-state index contributed by atoms with van der Waals surface area (Å²) in [4.78, 5) is 0. The van der Waals surface area contributed by atoms with Crippen molar-refractivity contribution in [1.82, 2.24) is 0 Å². The summed E-state index contributed by atoms with van der Waals surface area (Å²) in [6.45, 7) is 4.63. The maximum absolute atomic E-state index is 6.20. The molecule has 1 fully saturated rings. The van der Waals surface area contributed by atoms with E-state index < -0.39 is 0 Å². The molecule has 2 rings (SSSR count). The summed E-state index contributed by atoms with van der Waals surface area (Å²) >= 11 is 12.1. The molecule has 0 bridgehead atoms. The van der Waals surface area contributed by atoms with E-state index >= 15 is 0 Å². The van der Waals surface area contributed by atoms with E-state index in [9.17, 15) is 0 Å². The Morgan fingerprint density at radius 2 is 1.76 bits per heavy atom. The largest absolute Gasteiger partial charge is 0.381 e. The summed E-state index contributed by atoms with van der Waals surface area (Å²) in [5.74, 6) is 1.40. The van der Waals surface area contributed by atoms with Gasteiger partial charge in [0.2, 0.25) is 0 Å². The first kappa shape index (κ1) is 13.0. The average Bonchev–Trinajstić information content (AvgIpc) is 2.26. The van der Waals surface area contributed by atoms with Crippen LogP contribution in [-0.4, -0.2) is 6.04 Å². The first-order valence-electron chi connectivity index (χ1n) is 6.29. The van der Waals surface area contributed by atoms with Gasteiger partial charge in [0.15, 0.2) is 0 Å². The van der Waals surface area contributed by atoms with Crippen molar-refractivity contribution in [2.75, 3.05) is 5.32 Å². The molecule has 0 amide bonds. The number of rotatable bonds is 2. The van der Waals surface area contributed by atoms with E-state index in [1.54, 1.807) is 6.07 Å². The second kappa shape index (κ2) is 5.49. The minimum Gasteiger partial charge on any atom is -0.381 e. The predicted octanol–water partition coefficient (Wildman–Crippen LogP) is 5.23. The van der Waals surface area contributed by atoms with E-state index in [0.717, 1.165) is 5.69 Å². The summed E-state index contributed by atoms with van der Waals surface area (Å²) in [6.07, 6.45) is 3.94. The van der Waals surface area contributed by atoms with Crippen LogP contribution in [0, 0.1) is 11.8 Å². The van der Waals surface area contributed by atoms with Crippen LogP contribution in [0.4, 0.5) is 5.69 Å². The van der Waals surface area contributed by atoms with Crippen LogP contribution < -0.4 is 5.32 Å². The van der Waals surface area contributed by atoms with Gasteiger partial charge in [0.25, 0.3) is 0 Å². The molecule has 0 radical (unpaired) electrons. The minimum absolute atomic E-state index is 0.516. The third kappa shape index (κ3) is 3.08. The second-order valence-electron chi connectivity index (χ2n) is 5.18. The van der Waals surface area contributed by atoms with Gasteiger partial charge in [-0.15, -0.1) is 0 Å². The van der Waals surface area contributed by atoms with Crippen LogP contribution in [0.25, 0.3) is 0 Å². The van der Waals surface area contributed by atoms with Crippen LogP contribution in [0.3, 0.4) is 0 Å². The molecule has 1 nitrogen and oxygen atoms in total. The molecule has 0 aliphatic heterocycles. The van der Waals surface area contributed by atoms with Crippen molar-refractivity contribution in [1.29, 1.82) is 0 Å². The van der Waals surface area contributed by atoms with Gasteiger partial charge in [-0.1, -0.05) is 43.5 Å². The Morgan fingerprint density at radius 1 is 1.12 bits per heavy atom. The van der Waals surface area contributed by atoms with Crippen molar-refractivity contribution >= 4 is 28.9 Å². The summed E-state index contributed by atoms with van der Waals surface area (Å²) < 4.78 is 0. The molecule has 1 N–H and O–H groups in total. The fourth-order valence-electron chi connectivity index (χ4n) is 2.75. The molecule has 1 aliphatic rings. The van der Waals surface area contributed by atoms with Crippen LogP contribution in [0.15, 0.2) is 18.2 Å². The molecule has 1 aromatic carbocycles. The Kier molecular flexibility index (Phi) is 4.22. The lowest BCUT2D eigenvalue weighted by atomic mass is 9.78. The lowest BCUT2D eigenvalue weighted by molar-refractivity contribution is 0.268. The molecule has 2 atom stereocenters. The van der Waals surface area contributed by atoms with Gasteiger partial charge in [0, 0.05) is 11.1 Å². The molecule has 0 heterocycles. The number of halogens is 2. The standard InChI is InChI=1S/C14H19Cl2N/c1-9-4-3-5-10(2)14(9)17-13-7-6-11(15)8-12(13)16/h6-10,14,17H,3-5H2,1-2H3. The molecule has 1 aromatic rings. The van der Waals surface area contributed by atoms with Crippen molar-refractivity contribution in [2.45, 2.75) is 39.2 Å². The topological polar surface area (TPSA) is 12.0 Å². The van der Waals surface area contributed by atoms with Crippen molar-refractivity contribution in [3.63, 3.8) is 0 Å². The van der Waals surface area contributed by atoms with Crippen molar-refractivity contribution in [2.24, 2.45) is 11.8 Å². The average molecular weight is 272 g/mol. The lowest BCUT2D eigenvalue weighted by Gasteiger charge is -2.36. The third-order valence-corrected chi connectivity index (χ3v) is 4.35. The Labute approximate surface area is 114 Å². The molecule has 2 unspecified atom stereocenters.